The number of rotatable bonds is 3. The third-order valence-electron chi connectivity index (χ3n) is 1.16. The van der Waals surface area contributed by atoms with E-state index < -0.39 is 0 Å². The van der Waals surface area contributed by atoms with Gasteiger partial charge in [0.15, 0.2) is 0 Å². The number of hydrogen-bond donors (Lipinski definition) is 1. The summed E-state index contributed by atoms with van der Waals surface area (Å²) in [6, 6.07) is 3.50. The van der Waals surface area contributed by atoms with Crippen LogP contribution in [-0.4, -0.2) is 11.4 Å². The lowest BCUT2D eigenvalue weighted by Gasteiger charge is -1.97. The van der Waals surface area contributed by atoms with Crippen LogP contribution in [0.5, 0.6) is 0 Å². The lowest BCUT2D eigenvalue weighted by Crippen LogP contribution is -2.10. The van der Waals surface area contributed by atoms with Crippen LogP contribution in [0.4, 0.5) is 0 Å². The van der Waals surface area contributed by atoms with Crippen LogP contribution in [0.15, 0.2) is 18.3 Å². The zero-order chi connectivity index (χ0) is 8.10. The number of nitrogens with zero attached hydrogens (tertiary/aromatic N) is 1. The summed E-state index contributed by atoms with van der Waals surface area (Å²) >= 11 is 5.59. The number of hydrogen-bond acceptors (Lipinski definition) is 2. The van der Waals surface area contributed by atoms with Crippen LogP contribution in [0.1, 0.15) is 5.69 Å². The summed E-state index contributed by atoms with van der Waals surface area (Å²) in [7, 11) is 0. The second-order valence-corrected chi connectivity index (χ2v) is 2.40. The highest BCUT2D eigenvalue weighted by molar-refractivity contribution is 6.30. The van der Waals surface area contributed by atoms with Crippen molar-refractivity contribution in [1.29, 1.82) is 0 Å². The lowest BCUT2D eigenvalue weighted by molar-refractivity contribution is -0.109. The summed E-state index contributed by atoms with van der Waals surface area (Å²) in [5.74, 6) is 0. The first-order valence-corrected chi connectivity index (χ1v) is 3.48. The van der Waals surface area contributed by atoms with Crippen molar-refractivity contribution in [3.05, 3.63) is 29.0 Å². The second-order valence-electron chi connectivity index (χ2n) is 1.97. The van der Waals surface area contributed by atoms with E-state index >= 15 is 0 Å². The summed E-state index contributed by atoms with van der Waals surface area (Å²) in [5, 5.41) is 3.09. The van der Waals surface area contributed by atoms with Crippen molar-refractivity contribution in [2.75, 3.05) is 0 Å². The molecule has 0 fully saturated rings. The summed E-state index contributed by atoms with van der Waals surface area (Å²) in [5.41, 5.74) is 0.793. The molecule has 0 unspecified atom stereocenters. The molecule has 1 aromatic rings. The summed E-state index contributed by atoms with van der Waals surface area (Å²) < 4.78 is 0. The molecule has 58 valence electrons. The molecule has 11 heavy (non-hydrogen) atoms. The molecule has 1 heterocycles. The number of amides is 1. The molecule has 1 N–H and O–H groups in total. The van der Waals surface area contributed by atoms with Crippen molar-refractivity contribution in [1.82, 2.24) is 10.3 Å². The van der Waals surface area contributed by atoms with E-state index in [0.29, 0.717) is 18.0 Å². The number of carbonyl (C=O) groups is 1. The molecular weight excluding hydrogens is 164 g/mol. The Morgan fingerprint density at radius 3 is 3.00 bits per heavy atom. The molecule has 0 aliphatic heterocycles. The van der Waals surface area contributed by atoms with Gasteiger partial charge in [-0.25, -0.2) is 0 Å². The average molecular weight is 171 g/mol. The molecule has 0 spiro atoms. The van der Waals surface area contributed by atoms with E-state index in [1.165, 1.54) is 0 Å². The van der Waals surface area contributed by atoms with Crippen LogP contribution in [0.3, 0.4) is 0 Å². The highest BCUT2D eigenvalue weighted by Crippen LogP contribution is 2.05. The van der Waals surface area contributed by atoms with Gasteiger partial charge in [-0.3, -0.25) is 9.78 Å². The van der Waals surface area contributed by atoms with Crippen molar-refractivity contribution >= 4 is 18.0 Å². The molecular formula is C7H7ClN2O. The van der Waals surface area contributed by atoms with Gasteiger partial charge in [0.05, 0.1) is 17.3 Å². The molecule has 1 rings (SSSR count). The number of nitrogens with one attached hydrogen (secondary N) is 1. The van der Waals surface area contributed by atoms with E-state index in [0.717, 1.165) is 5.69 Å². The first-order valence-electron chi connectivity index (χ1n) is 3.10. The van der Waals surface area contributed by atoms with E-state index in [-0.39, 0.29) is 0 Å². The Labute approximate surface area is 69.4 Å². The second kappa shape index (κ2) is 3.93. The average Bonchev–Trinajstić information content (AvgIpc) is 2.04. The molecule has 0 aliphatic rings. The van der Waals surface area contributed by atoms with Gasteiger partial charge in [0.25, 0.3) is 0 Å². The lowest BCUT2D eigenvalue weighted by atomic mass is 10.3. The molecule has 1 aromatic heterocycles. The van der Waals surface area contributed by atoms with Gasteiger partial charge in [-0.15, -0.1) is 0 Å². The normalized spacial score (nSPS) is 9.18. The zero-order valence-corrected chi connectivity index (χ0v) is 6.51. The summed E-state index contributed by atoms with van der Waals surface area (Å²) in [6.07, 6.45) is 2.18. The van der Waals surface area contributed by atoms with Crippen molar-refractivity contribution in [3.8, 4) is 0 Å². The fourth-order valence-electron chi connectivity index (χ4n) is 0.657. The molecule has 0 aliphatic carbocycles. The first-order chi connectivity index (χ1) is 5.33. The minimum atomic E-state index is 0.445. The Balaban J connectivity index is 2.58. The van der Waals surface area contributed by atoms with Crippen LogP contribution in [-0.2, 0) is 11.3 Å². The maximum absolute atomic E-state index is 9.88. The Bertz CT molecular complexity index is 235. The third-order valence-corrected chi connectivity index (χ3v) is 1.38. The molecule has 0 saturated carbocycles. The first kappa shape index (κ1) is 8.01. The SMILES string of the molecule is O=CNCc1ccc(Cl)cn1. The predicted molar refractivity (Wildman–Crippen MR) is 42.2 cm³/mol. The van der Waals surface area contributed by atoms with Crippen LogP contribution >= 0.6 is 11.6 Å². The topological polar surface area (TPSA) is 42.0 Å². The van der Waals surface area contributed by atoms with E-state index in [1.54, 1.807) is 18.3 Å². The monoisotopic (exact) mass is 170 g/mol. The van der Waals surface area contributed by atoms with Gasteiger partial charge in [-0.05, 0) is 12.1 Å². The third kappa shape index (κ3) is 2.55. The molecule has 0 bridgehead atoms. The number of carbonyl (C=O) groups excluding carboxylic acids is 1. The van der Waals surface area contributed by atoms with Crippen molar-refractivity contribution in [3.63, 3.8) is 0 Å². The molecule has 0 aromatic carbocycles. The number of halogens is 1. The van der Waals surface area contributed by atoms with Gasteiger partial charge >= 0.3 is 0 Å². The van der Waals surface area contributed by atoms with Gasteiger partial charge in [0.2, 0.25) is 6.41 Å². The molecule has 1 amide bonds. The predicted octanol–water partition coefficient (Wildman–Crippen LogP) is 0.981. The molecule has 3 nitrogen and oxygen atoms in total. The zero-order valence-electron chi connectivity index (χ0n) is 5.75. The van der Waals surface area contributed by atoms with Crippen molar-refractivity contribution < 1.29 is 4.79 Å². The van der Waals surface area contributed by atoms with Crippen LogP contribution in [0.25, 0.3) is 0 Å². The van der Waals surface area contributed by atoms with Gasteiger partial charge in [-0.1, -0.05) is 11.6 Å². The van der Waals surface area contributed by atoms with E-state index in [4.69, 9.17) is 11.6 Å². The molecule has 0 atom stereocenters. The van der Waals surface area contributed by atoms with E-state index in [2.05, 4.69) is 10.3 Å². The quantitative estimate of drug-likeness (QED) is 0.688. The van der Waals surface area contributed by atoms with Crippen molar-refractivity contribution in [2.24, 2.45) is 0 Å². The molecule has 0 saturated heterocycles. The molecule has 4 heteroatoms. The minimum Gasteiger partial charge on any atom is -0.353 e. The highest BCUT2D eigenvalue weighted by atomic mass is 35.5. The maximum Gasteiger partial charge on any atom is 0.207 e. The minimum absolute atomic E-state index is 0.445. The Morgan fingerprint density at radius 1 is 1.64 bits per heavy atom. The largest absolute Gasteiger partial charge is 0.353 e. The van der Waals surface area contributed by atoms with E-state index in [1.807, 2.05) is 0 Å². The summed E-state index contributed by atoms with van der Waals surface area (Å²) in [4.78, 5) is 13.8. The standard InChI is InChI=1S/C7H7ClN2O/c8-6-1-2-7(10-3-6)4-9-5-11/h1-3,5H,4H2,(H,9,11). The van der Waals surface area contributed by atoms with Crippen LogP contribution in [0, 0.1) is 0 Å². The number of aromatic nitrogens is 1. The van der Waals surface area contributed by atoms with Gasteiger partial charge < -0.3 is 5.32 Å². The maximum atomic E-state index is 9.88. The number of pyridine rings is 1. The van der Waals surface area contributed by atoms with Gasteiger partial charge in [0.1, 0.15) is 0 Å². The Morgan fingerprint density at radius 2 is 2.45 bits per heavy atom. The van der Waals surface area contributed by atoms with Crippen LogP contribution < -0.4 is 5.32 Å². The van der Waals surface area contributed by atoms with Crippen molar-refractivity contribution in [2.45, 2.75) is 6.54 Å². The van der Waals surface area contributed by atoms with Crippen LogP contribution in [0.2, 0.25) is 5.02 Å². The Kier molecular flexibility index (Phi) is 2.86. The summed E-state index contributed by atoms with van der Waals surface area (Å²) in [6.45, 7) is 0.445. The van der Waals surface area contributed by atoms with Gasteiger partial charge in [0, 0.05) is 6.20 Å². The van der Waals surface area contributed by atoms with Gasteiger partial charge in [-0.2, -0.15) is 0 Å². The fourth-order valence-corrected chi connectivity index (χ4v) is 0.769. The van der Waals surface area contributed by atoms with E-state index in [9.17, 15) is 4.79 Å². The Hall–Kier alpha value is -1.09. The molecule has 0 radical (unpaired) electrons. The fraction of sp³-hybridized carbons (Fsp3) is 0.143. The highest BCUT2D eigenvalue weighted by Gasteiger charge is 1.91. The smallest absolute Gasteiger partial charge is 0.207 e.